The standard InChI is InChI=1S/C23H19N3O5/c24-23(28)25-19-10-3-1-7-16(19)14-21(18-9-2-4-11-20(18)25)31-22(27)13-15-6-5-8-17(12-15)26(29)30/h1-12,21H,13-14H2,(H2,24,28)/t21-/m1/s1. The molecule has 3 aromatic carbocycles. The van der Waals surface area contributed by atoms with Crippen LogP contribution in [0.4, 0.5) is 21.9 Å². The van der Waals surface area contributed by atoms with Crippen LogP contribution in [-0.2, 0) is 22.4 Å². The first-order chi connectivity index (χ1) is 14.9. The Morgan fingerprint density at radius 2 is 1.74 bits per heavy atom. The maximum Gasteiger partial charge on any atom is 0.323 e. The molecule has 3 aromatic rings. The molecule has 1 atom stereocenters. The van der Waals surface area contributed by atoms with Gasteiger partial charge in [-0.3, -0.25) is 19.8 Å². The maximum atomic E-state index is 12.7. The molecule has 0 unspecified atom stereocenters. The Kier molecular flexibility index (Phi) is 5.36. The third-order valence-corrected chi connectivity index (χ3v) is 5.13. The molecule has 0 bridgehead atoms. The molecule has 4 rings (SSSR count). The van der Waals surface area contributed by atoms with Crippen LogP contribution < -0.4 is 10.6 Å². The Hall–Kier alpha value is -4.20. The average Bonchev–Trinajstić information content (AvgIpc) is 2.88. The number of carbonyl (C=O) groups excluding carboxylic acids is 2. The number of hydrogen-bond donors (Lipinski definition) is 1. The molecule has 2 N–H and O–H groups in total. The highest BCUT2D eigenvalue weighted by Gasteiger charge is 2.31. The zero-order valence-electron chi connectivity index (χ0n) is 16.4. The van der Waals surface area contributed by atoms with Gasteiger partial charge in [0, 0.05) is 24.1 Å². The number of esters is 1. The fourth-order valence-electron chi connectivity index (χ4n) is 3.79. The van der Waals surface area contributed by atoms with Crippen molar-refractivity contribution in [3.05, 3.63) is 99.6 Å². The molecule has 156 valence electrons. The molecule has 0 saturated carbocycles. The molecule has 2 amide bonds. The summed E-state index contributed by atoms with van der Waals surface area (Å²) in [5.41, 5.74) is 8.73. The molecule has 0 radical (unpaired) electrons. The Morgan fingerprint density at radius 1 is 1.03 bits per heavy atom. The van der Waals surface area contributed by atoms with Crippen LogP contribution in [0.15, 0.2) is 72.8 Å². The quantitative estimate of drug-likeness (QED) is 0.388. The minimum atomic E-state index is -0.645. The molecular weight excluding hydrogens is 398 g/mol. The topological polar surface area (TPSA) is 116 Å². The highest BCUT2D eigenvalue weighted by atomic mass is 16.6. The number of urea groups is 1. The Bertz CT molecular complexity index is 1180. The number of nitro groups is 1. The number of nitrogens with zero attached hydrogens (tertiary/aromatic N) is 2. The summed E-state index contributed by atoms with van der Waals surface area (Å²) in [5.74, 6) is -0.523. The summed E-state index contributed by atoms with van der Waals surface area (Å²) >= 11 is 0. The number of amides is 2. The molecule has 8 nitrogen and oxygen atoms in total. The smallest absolute Gasteiger partial charge is 0.323 e. The van der Waals surface area contributed by atoms with Crippen LogP contribution in [0.3, 0.4) is 0 Å². The van der Waals surface area contributed by atoms with Gasteiger partial charge in [0.25, 0.3) is 5.69 Å². The summed E-state index contributed by atoms with van der Waals surface area (Å²) in [6.07, 6.45) is -0.396. The van der Waals surface area contributed by atoms with E-state index >= 15 is 0 Å². The second-order valence-corrected chi connectivity index (χ2v) is 7.15. The van der Waals surface area contributed by atoms with E-state index in [1.54, 1.807) is 36.4 Å². The van der Waals surface area contributed by atoms with Crippen LogP contribution in [0.2, 0.25) is 0 Å². The molecule has 1 aliphatic rings. The van der Waals surface area contributed by atoms with Crippen molar-refractivity contribution < 1.29 is 19.2 Å². The fourth-order valence-corrected chi connectivity index (χ4v) is 3.79. The van der Waals surface area contributed by atoms with Crippen LogP contribution in [0.25, 0.3) is 0 Å². The number of anilines is 2. The lowest BCUT2D eigenvalue weighted by atomic mass is 10.0. The summed E-state index contributed by atoms with van der Waals surface area (Å²) in [6.45, 7) is 0. The van der Waals surface area contributed by atoms with Gasteiger partial charge in [0.15, 0.2) is 0 Å². The van der Waals surface area contributed by atoms with Gasteiger partial charge in [-0.05, 0) is 23.3 Å². The van der Waals surface area contributed by atoms with E-state index in [0.717, 1.165) is 5.56 Å². The summed E-state index contributed by atoms with van der Waals surface area (Å²) in [7, 11) is 0. The van der Waals surface area contributed by atoms with Crippen molar-refractivity contribution in [2.24, 2.45) is 5.73 Å². The van der Waals surface area contributed by atoms with Gasteiger partial charge in [0.05, 0.1) is 22.7 Å². The van der Waals surface area contributed by atoms with Crippen molar-refractivity contribution >= 4 is 29.1 Å². The molecule has 1 heterocycles. The number of carbonyl (C=O) groups is 2. The third kappa shape index (κ3) is 4.09. The van der Waals surface area contributed by atoms with E-state index in [1.807, 2.05) is 18.2 Å². The van der Waals surface area contributed by atoms with Gasteiger partial charge in [0.1, 0.15) is 6.10 Å². The van der Waals surface area contributed by atoms with E-state index in [-0.39, 0.29) is 12.1 Å². The number of hydrogen-bond acceptors (Lipinski definition) is 5. The average molecular weight is 417 g/mol. The highest BCUT2D eigenvalue weighted by molar-refractivity contribution is 6.00. The molecule has 0 saturated heterocycles. The summed E-state index contributed by atoms with van der Waals surface area (Å²) in [4.78, 5) is 36.9. The zero-order valence-corrected chi connectivity index (χ0v) is 16.4. The van der Waals surface area contributed by atoms with Gasteiger partial charge in [-0.1, -0.05) is 48.5 Å². The van der Waals surface area contributed by atoms with E-state index in [1.165, 1.54) is 23.1 Å². The zero-order chi connectivity index (χ0) is 22.0. The number of fused-ring (bicyclic) bond motifs is 2. The second kappa shape index (κ2) is 8.27. The van der Waals surface area contributed by atoms with Crippen LogP contribution in [0.5, 0.6) is 0 Å². The minimum absolute atomic E-state index is 0.0869. The number of ether oxygens (including phenoxy) is 1. The summed E-state index contributed by atoms with van der Waals surface area (Å²) in [6, 6.07) is 19.7. The SMILES string of the molecule is NC(=O)N1c2ccccc2C[C@@H](OC(=O)Cc2cccc([N+](=O)[O-])c2)c2ccccc21. The van der Waals surface area contributed by atoms with Crippen molar-refractivity contribution in [1.82, 2.24) is 0 Å². The van der Waals surface area contributed by atoms with Crippen molar-refractivity contribution in [2.75, 3.05) is 4.90 Å². The Balaban J connectivity index is 1.66. The van der Waals surface area contributed by atoms with Crippen LogP contribution in [-0.4, -0.2) is 16.9 Å². The number of primary amides is 1. The number of rotatable bonds is 4. The van der Waals surface area contributed by atoms with Gasteiger partial charge in [-0.2, -0.15) is 0 Å². The molecule has 8 heteroatoms. The number of nitrogens with two attached hydrogens (primary N) is 1. The van der Waals surface area contributed by atoms with Gasteiger partial charge in [-0.15, -0.1) is 0 Å². The normalized spacial score (nSPS) is 14.7. The van der Waals surface area contributed by atoms with Crippen LogP contribution in [0.1, 0.15) is 22.8 Å². The second-order valence-electron chi connectivity index (χ2n) is 7.15. The number of benzene rings is 3. The summed E-state index contributed by atoms with van der Waals surface area (Å²) < 4.78 is 5.80. The number of nitro benzene ring substituents is 1. The van der Waals surface area contributed by atoms with Crippen LogP contribution in [0, 0.1) is 10.1 Å². The lowest BCUT2D eigenvalue weighted by Gasteiger charge is -2.23. The third-order valence-electron chi connectivity index (χ3n) is 5.13. The molecular formula is C23H19N3O5. The van der Waals surface area contributed by atoms with E-state index in [9.17, 15) is 19.7 Å². The monoisotopic (exact) mass is 417 g/mol. The van der Waals surface area contributed by atoms with Crippen molar-refractivity contribution in [3.63, 3.8) is 0 Å². The van der Waals surface area contributed by atoms with E-state index in [0.29, 0.717) is 28.9 Å². The van der Waals surface area contributed by atoms with Gasteiger partial charge in [0.2, 0.25) is 0 Å². The van der Waals surface area contributed by atoms with Gasteiger partial charge < -0.3 is 10.5 Å². The first kappa shape index (κ1) is 20.1. The molecule has 0 spiro atoms. The summed E-state index contributed by atoms with van der Waals surface area (Å²) in [5, 5.41) is 11.0. The van der Waals surface area contributed by atoms with Crippen LogP contribution >= 0.6 is 0 Å². The van der Waals surface area contributed by atoms with Crippen molar-refractivity contribution in [3.8, 4) is 0 Å². The predicted molar refractivity (Wildman–Crippen MR) is 114 cm³/mol. The number of para-hydroxylation sites is 2. The predicted octanol–water partition coefficient (Wildman–Crippen LogP) is 4.19. The van der Waals surface area contributed by atoms with Gasteiger partial charge >= 0.3 is 12.0 Å². The molecule has 0 aliphatic carbocycles. The van der Waals surface area contributed by atoms with E-state index < -0.39 is 23.0 Å². The minimum Gasteiger partial charge on any atom is -0.457 e. The largest absolute Gasteiger partial charge is 0.457 e. The lowest BCUT2D eigenvalue weighted by molar-refractivity contribution is -0.384. The lowest BCUT2D eigenvalue weighted by Crippen LogP contribution is -2.32. The van der Waals surface area contributed by atoms with E-state index in [2.05, 4.69) is 0 Å². The Morgan fingerprint density at radius 3 is 2.48 bits per heavy atom. The highest BCUT2D eigenvalue weighted by Crippen LogP contribution is 2.41. The van der Waals surface area contributed by atoms with Crippen molar-refractivity contribution in [1.29, 1.82) is 0 Å². The van der Waals surface area contributed by atoms with Crippen molar-refractivity contribution in [2.45, 2.75) is 18.9 Å². The first-order valence-corrected chi connectivity index (χ1v) is 9.63. The van der Waals surface area contributed by atoms with Gasteiger partial charge in [-0.25, -0.2) is 4.79 Å². The molecule has 0 fully saturated rings. The molecule has 0 aromatic heterocycles. The first-order valence-electron chi connectivity index (χ1n) is 9.63. The number of non-ortho nitro benzene ring substituents is 1. The van der Waals surface area contributed by atoms with E-state index in [4.69, 9.17) is 10.5 Å². The fraction of sp³-hybridized carbons (Fsp3) is 0.130. The Labute approximate surface area is 178 Å². The molecule has 31 heavy (non-hydrogen) atoms. The molecule has 1 aliphatic heterocycles. The maximum absolute atomic E-state index is 12.7.